The van der Waals surface area contributed by atoms with E-state index in [0.717, 1.165) is 37.2 Å². The summed E-state index contributed by atoms with van der Waals surface area (Å²) in [5.41, 5.74) is 1.04. The molecule has 0 aliphatic carbocycles. The zero-order chi connectivity index (χ0) is 16.9. The van der Waals surface area contributed by atoms with Gasteiger partial charge in [0.2, 0.25) is 11.8 Å². The second-order valence-electron chi connectivity index (χ2n) is 6.58. The van der Waals surface area contributed by atoms with Gasteiger partial charge in [0.05, 0.1) is 13.0 Å². The van der Waals surface area contributed by atoms with Gasteiger partial charge in [-0.15, -0.1) is 0 Å². The van der Waals surface area contributed by atoms with Gasteiger partial charge in [-0.2, -0.15) is 0 Å². The van der Waals surface area contributed by atoms with Crippen LogP contribution >= 0.6 is 0 Å². The molecule has 1 aromatic rings. The van der Waals surface area contributed by atoms with Crippen molar-refractivity contribution in [3.8, 4) is 5.75 Å². The van der Waals surface area contributed by atoms with Crippen LogP contribution in [0.3, 0.4) is 0 Å². The molecular weight excluding hydrogens is 306 g/mol. The average molecular weight is 331 g/mol. The summed E-state index contributed by atoms with van der Waals surface area (Å²) in [5.74, 6) is 0.615. The van der Waals surface area contributed by atoms with Gasteiger partial charge < -0.3 is 20.3 Å². The summed E-state index contributed by atoms with van der Waals surface area (Å²) in [6.07, 6.45) is 2.40. The van der Waals surface area contributed by atoms with Crippen molar-refractivity contribution in [1.82, 2.24) is 15.5 Å². The summed E-state index contributed by atoms with van der Waals surface area (Å²) in [6, 6.07) is 7.86. The lowest BCUT2D eigenvalue weighted by molar-refractivity contribution is -0.129. The molecule has 2 saturated heterocycles. The van der Waals surface area contributed by atoms with Crippen molar-refractivity contribution >= 4 is 11.8 Å². The van der Waals surface area contributed by atoms with Crippen molar-refractivity contribution in [3.63, 3.8) is 0 Å². The number of nitrogens with one attached hydrogen (secondary N) is 2. The van der Waals surface area contributed by atoms with Crippen molar-refractivity contribution in [1.29, 1.82) is 0 Å². The number of amides is 2. The molecule has 2 unspecified atom stereocenters. The molecule has 130 valence electrons. The summed E-state index contributed by atoms with van der Waals surface area (Å²) >= 11 is 0. The Bertz CT molecular complexity index is 582. The second kappa shape index (κ2) is 7.66. The molecule has 3 rings (SSSR count). The van der Waals surface area contributed by atoms with Gasteiger partial charge in [-0.05, 0) is 37.1 Å². The van der Waals surface area contributed by atoms with E-state index in [2.05, 4.69) is 10.6 Å². The zero-order valence-corrected chi connectivity index (χ0v) is 14.1. The SMILES string of the molecule is COc1ccc(CN2CC(C(=O)NC3CCCNC3)CC2=O)cc1. The van der Waals surface area contributed by atoms with Crippen molar-refractivity contribution in [2.75, 3.05) is 26.7 Å². The molecule has 2 atom stereocenters. The van der Waals surface area contributed by atoms with Gasteiger partial charge in [0.1, 0.15) is 5.75 Å². The maximum atomic E-state index is 12.4. The fourth-order valence-electron chi connectivity index (χ4n) is 3.35. The van der Waals surface area contributed by atoms with Crippen LogP contribution < -0.4 is 15.4 Å². The Hall–Kier alpha value is -2.08. The first-order chi connectivity index (χ1) is 11.7. The first kappa shape index (κ1) is 16.8. The minimum atomic E-state index is -0.238. The van der Waals surface area contributed by atoms with Crippen LogP contribution in [0.5, 0.6) is 5.75 Å². The minimum Gasteiger partial charge on any atom is -0.497 e. The highest BCUT2D eigenvalue weighted by Crippen LogP contribution is 2.22. The van der Waals surface area contributed by atoms with E-state index in [1.54, 1.807) is 12.0 Å². The zero-order valence-electron chi connectivity index (χ0n) is 14.1. The summed E-state index contributed by atoms with van der Waals surface area (Å²) in [5, 5.41) is 6.37. The van der Waals surface area contributed by atoms with Crippen molar-refractivity contribution < 1.29 is 14.3 Å². The van der Waals surface area contributed by atoms with E-state index in [-0.39, 0.29) is 23.8 Å². The third-order valence-corrected chi connectivity index (χ3v) is 4.76. The van der Waals surface area contributed by atoms with E-state index in [1.807, 2.05) is 24.3 Å². The van der Waals surface area contributed by atoms with Crippen LogP contribution in [0.1, 0.15) is 24.8 Å². The molecule has 0 radical (unpaired) electrons. The van der Waals surface area contributed by atoms with Crippen LogP contribution in [0.15, 0.2) is 24.3 Å². The number of rotatable bonds is 5. The number of benzene rings is 1. The van der Waals surface area contributed by atoms with E-state index < -0.39 is 0 Å². The standard InChI is InChI=1S/C18H25N3O3/c1-24-16-6-4-13(5-7-16)11-21-12-14(9-17(21)22)18(23)20-15-3-2-8-19-10-15/h4-7,14-15,19H,2-3,8-12H2,1H3,(H,20,23). The Morgan fingerprint density at radius 1 is 1.38 bits per heavy atom. The van der Waals surface area contributed by atoms with Crippen LogP contribution in [0, 0.1) is 5.92 Å². The van der Waals surface area contributed by atoms with Gasteiger partial charge in [0.25, 0.3) is 0 Å². The lowest BCUT2D eigenvalue weighted by atomic mass is 10.0. The van der Waals surface area contributed by atoms with Crippen LogP contribution in [0.25, 0.3) is 0 Å². The summed E-state index contributed by atoms with van der Waals surface area (Å²) in [6.45, 7) is 2.88. The first-order valence-corrected chi connectivity index (χ1v) is 8.57. The number of hydrogen-bond donors (Lipinski definition) is 2. The molecule has 2 aliphatic heterocycles. The average Bonchev–Trinajstić information content (AvgIpc) is 2.97. The van der Waals surface area contributed by atoms with E-state index in [4.69, 9.17) is 4.74 Å². The number of likely N-dealkylation sites (tertiary alicyclic amines) is 1. The number of carbonyl (C=O) groups is 2. The summed E-state index contributed by atoms with van der Waals surface area (Å²) < 4.78 is 5.14. The van der Waals surface area contributed by atoms with Crippen LogP contribution in [-0.4, -0.2) is 49.5 Å². The van der Waals surface area contributed by atoms with Gasteiger partial charge in [0.15, 0.2) is 0 Å². The molecule has 2 heterocycles. The highest BCUT2D eigenvalue weighted by atomic mass is 16.5. The molecule has 6 nitrogen and oxygen atoms in total. The molecule has 0 saturated carbocycles. The normalized spacial score (nSPS) is 24.0. The Labute approximate surface area is 142 Å². The largest absolute Gasteiger partial charge is 0.497 e. The number of piperidine rings is 1. The second-order valence-corrected chi connectivity index (χ2v) is 6.58. The quantitative estimate of drug-likeness (QED) is 0.841. The monoisotopic (exact) mass is 331 g/mol. The molecule has 6 heteroatoms. The molecule has 0 spiro atoms. The van der Waals surface area contributed by atoms with Crippen molar-refractivity contribution in [3.05, 3.63) is 29.8 Å². The topological polar surface area (TPSA) is 70.7 Å². The van der Waals surface area contributed by atoms with E-state index in [0.29, 0.717) is 19.5 Å². The summed E-state index contributed by atoms with van der Waals surface area (Å²) in [4.78, 5) is 26.4. The number of nitrogens with zero attached hydrogens (tertiary/aromatic N) is 1. The Morgan fingerprint density at radius 2 is 2.17 bits per heavy atom. The number of carbonyl (C=O) groups excluding carboxylic acids is 2. The molecule has 2 N–H and O–H groups in total. The van der Waals surface area contributed by atoms with Gasteiger partial charge >= 0.3 is 0 Å². The third kappa shape index (κ3) is 4.06. The first-order valence-electron chi connectivity index (χ1n) is 8.57. The van der Waals surface area contributed by atoms with Crippen molar-refractivity contribution in [2.24, 2.45) is 5.92 Å². The Morgan fingerprint density at radius 3 is 2.83 bits per heavy atom. The molecule has 0 aromatic heterocycles. The predicted molar refractivity (Wildman–Crippen MR) is 90.6 cm³/mol. The van der Waals surface area contributed by atoms with E-state index in [9.17, 15) is 9.59 Å². The lowest BCUT2D eigenvalue weighted by Gasteiger charge is -2.25. The van der Waals surface area contributed by atoms with Gasteiger partial charge in [-0.3, -0.25) is 9.59 Å². The molecule has 0 bridgehead atoms. The fourth-order valence-corrected chi connectivity index (χ4v) is 3.35. The molecular formula is C18H25N3O3. The van der Waals surface area contributed by atoms with Crippen LogP contribution in [0.4, 0.5) is 0 Å². The van der Waals surface area contributed by atoms with Crippen LogP contribution in [0.2, 0.25) is 0 Å². The molecule has 2 aliphatic rings. The van der Waals surface area contributed by atoms with E-state index >= 15 is 0 Å². The molecule has 24 heavy (non-hydrogen) atoms. The molecule has 1 aromatic carbocycles. The number of ether oxygens (including phenoxy) is 1. The maximum Gasteiger partial charge on any atom is 0.225 e. The van der Waals surface area contributed by atoms with Gasteiger partial charge in [-0.1, -0.05) is 12.1 Å². The Kier molecular flexibility index (Phi) is 5.35. The molecule has 2 amide bonds. The third-order valence-electron chi connectivity index (χ3n) is 4.76. The fraction of sp³-hybridized carbons (Fsp3) is 0.556. The van der Waals surface area contributed by atoms with Crippen LogP contribution in [-0.2, 0) is 16.1 Å². The maximum absolute atomic E-state index is 12.4. The smallest absolute Gasteiger partial charge is 0.225 e. The highest BCUT2D eigenvalue weighted by molar-refractivity contribution is 5.89. The summed E-state index contributed by atoms with van der Waals surface area (Å²) in [7, 11) is 1.63. The number of hydrogen-bond acceptors (Lipinski definition) is 4. The molecule has 2 fully saturated rings. The van der Waals surface area contributed by atoms with Gasteiger partial charge in [-0.25, -0.2) is 0 Å². The lowest BCUT2D eigenvalue weighted by Crippen LogP contribution is -2.47. The Balaban J connectivity index is 1.53. The van der Waals surface area contributed by atoms with E-state index in [1.165, 1.54) is 0 Å². The number of methoxy groups -OCH3 is 1. The predicted octanol–water partition coefficient (Wildman–Crippen LogP) is 0.912. The van der Waals surface area contributed by atoms with Crippen molar-refractivity contribution in [2.45, 2.75) is 31.8 Å². The highest BCUT2D eigenvalue weighted by Gasteiger charge is 2.35. The van der Waals surface area contributed by atoms with Gasteiger partial charge in [0, 0.05) is 32.1 Å². The minimum absolute atomic E-state index is 0.00859.